The Balaban J connectivity index is 2.09. The molecule has 0 aliphatic carbocycles. The number of anilines is 1. The van der Waals surface area contributed by atoms with Crippen LogP contribution in [0.1, 0.15) is 13.3 Å². The van der Waals surface area contributed by atoms with Crippen LogP contribution in [-0.2, 0) is 9.53 Å². The Hall–Kier alpha value is -1.60. The summed E-state index contributed by atoms with van der Waals surface area (Å²) >= 11 is 1.49. The summed E-state index contributed by atoms with van der Waals surface area (Å²) in [5.74, 6) is -1.58. The number of ether oxygens (including phenoxy) is 1. The lowest BCUT2D eigenvalue weighted by atomic mass is 10.0. The minimum atomic E-state index is -0.920. The van der Waals surface area contributed by atoms with Crippen molar-refractivity contribution in [3.05, 3.63) is 16.8 Å². The van der Waals surface area contributed by atoms with Gasteiger partial charge in [0.25, 0.3) is 0 Å². The number of hydrogen-bond acceptors (Lipinski definition) is 4. The SMILES string of the molecule is CCCN(C(=O)Nc1ccsc1)C1COCC1C(=O)O. The van der Waals surface area contributed by atoms with Crippen molar-refractivity contribution in [1.29, 1.82) is 0 Å². The molecule has 110 valence electrons. The molecule has 1 saturated heterocycles. The number of thiophene rings is 1. The second kappa shape index (κ2) is 6.71. The van der Waals surface area contributed by atoms with Crippen molar-refractivity contribution in [3.63, 3.8) is 0 Å². The van der Waals surface area contributed by atoms with Gasteiger partial charge < -0.3 is 20.1 Å². The smallest absolute Gasteiger partial charge is 0.322 e. The van der Waals surface area contributed by atoms with Crippen LogP contribution in [0.25, 0.3) is 0 Å². The third-order valence-corrected chi connectivity index (χ3v) is 3.95. The van der Waals surface area contributed by atoms with Crippen LogP contribution >= 0.6 is 11.3 Å². The molecule has 0 bridgehead atoms. The Kier molecular flexibility index (Phi) is 4.97. The normalized spacial score (nSPS) is 21.6. The molecule has 6 nitrogen and oxygen atoms in total. The van der Waals surface area contributed by atoms with Crippen LogP contribution in [0.3, 0.4) is 0 Å². The maximum atomic E-state index is 12.3. The maximum absolute atomic E-state index is 12.3. The van der Waals surface area contributed by atoms with Crippen molar-refractivity contribution in [2.45, 2.75) is 19.4 Å². The quantitative estimate of drug-likeness (QED) is 0.872. The van der Waals surface area contributed by atoms with Crippen LogP contribution in [-0.4, -0.2) is 47.8 Å². The number of carboxylic acid groups (broad SMARTS) is 1. The molecule has 1 aliphatic heterocycles. The summed E-state index contributed by atoms with van der Waals surface area (Å²) in [5.41, 5.74) is 0.729. The topological polar surface area (TPSA) is 78.9 Å². The van der Waals surface area contributed by atoms with E-state index in [1.807, 2.05) is 23.8 Å². The molecule has 0 aromatic carbocycles. The molecule has 0 spiro atoms. The molecule has 1 aromatic heterocycles. The van der Waals surface area contributed by atoms with E-state index >= 15 is 0 Å². The minimum absolute atomic E-state index is 0.159. The van der Waals surface area contributed by atoms with E-state index in [1.54, 1.807) is 4.90 Å². The van der Waals surface area contributed by atoms with E-state index in [2.05, 4.69) is 5.32 Å². The lowest BCUT2D eigenvalue weighted by molar-refractivity contribution is -0.142. The van der Waals surface area contributed by atoms with E-state index < -0.39 is 17.9 Å². The zero-order chi connectivity index (χ0) is 14.5. The molecule has 2 rings (SSSR count). The second-order valence-electron chi connectivity index (χ2n) is 4.69. The van der Waals surface area contributed by atoms with Gasteiger partial charge in [-0.25, -0.2) is 4.79 Å². The summed E-state index contributed by atoms with van der Waals surface area (Å²) in [4.78, 5) is 25.1. The Morgan fingerprint density at radius 3 is 2.95 bits per heavy atom. The first kappa shape index (κ1) is 14.8. The highest BCUT2D eigenvalue weighted by Gasteiger charge is 2.39. The monoisotopic (exact) mass is 298 g/mol. The summed E-state index contributed by atoms with van der Waals surface area (Å²) in [5, 5.41) is 15.7. The molecule has 2 amide bonds. The Labute approximate surface area is 121 Å². The number of nitrogens with zero attached hydrogens (tertiary/aromatic N) is 1. The van der Waals surface area contributed by atoms with Crippen LogP contribution in [0.2, 0.25) is 0 Å². The number of rotatable bonds is 5. The number of carbonyl (C=O) groups excluding carboxylic acids is 1. The van der Waals surface area contributed by atoms with Gasteiger partial charge in [-0.2, -0.15) is 11.3 Å². The van der Waals surface area contributed by atoms with Crippen LogP contribution in [0.4, 0.5) is 10.5 Å². The second-order valence-corrected chi connectivity index (χ2v) is 5.47. The fourth-order valence-electron chi connectivity index (χ4n) is 2.28. The summed E-state index contributed by atoms with van der Waals surface area (Å²) in [6.45, 7) is 2.89. The number of hydrogen-bond donors (Lipinski definition) is 2. The highest BCUT2D eigenvalue weighted by Crippen LogP contribution is 2.22. The van der Waals surface area contributed by atoms with Gasteiger partial charge in [-0.15, -0.1) is 0 Å². The number of nitrogens with one attached hydrogen (secondary N) is 1. The summed E-state index contributed by atoms with van der Waals surface area (Å²) in [6.07, 6.45) is 0.764. The van der Waals surface area contributed by atoms with Gasteiger partial charge in [0.1, 0.15) is 5.92 Å². The maximum Gasteiger partial charge on any atom is 0.322 e. The van der Waals surface area contributed by atoms with Crippen molar-refractivity contribution < 1.29 is 19.4 Å². The Morgan fingerprint density at radius 2 is 2.35 bits per heavy atom. The first-order valence-electron chi connectivity index (χ1n) is 6.53. The van der Waals surface area contributed by atoms with Crippen molar-refractivity contribution in [3.8, 4) is 0 Å². The number of carbonyl (C=O) groups is 2. The number of urea groups is 1. The molecule has 20 heavy (non-hydrogen) atoms. The van der Waals surface area contributed by atoms with Gasteiger partial charge in [-0.3, -0.25) is 4.79 Å². The van der Waals surface area contributed by atoms with Crippen LogP contribution in [0, 0.1) is 5.92 Å². The van der Waals surface area contributed by atoms with E-state index in [4.69, 9.17) is 4.74 Å². The summed E-state index contributed by atoms with van der Waals surface area (Å²) in [6, 6.07) is 1.13. The van der Waals surface area contributed by atoms with Crippen LogP contribution < -0.4 is 5.32 Å². The first-order valence-corrected chi connectivity index (χ1v) is 7.48. The predicted octanol–water partition coefficient (Wildman–Crippen LogP) is 2.09. The standard InChI is InChI=1S/C13H18N2O4S/c1-2-4-15(11-7-19-6-10(11)12(16)17)13(18)14-9-3-5-20-8-9/h3,5,8,10-11H,2,4,6-7H2,1H3,(H,14,18)(H,16,17). The molecule has 0 radical (unpaired) electrons. The molecule has 2 heterocycles. The molecule has 1 fully saturated rings. The van der Waals surface area contributed by atoms with Gasteiger partial charge in [-0.05, 0) is 17.9 Å². The lowest BCUT2D eigenvalue weighted by Gasteiger charge is -2.30. The highest BCUT2D eigenvalue weighted by molar-refractivity contribution is 7.08. The largest absolute Gasteiger partial charge is 0.481 e. The van der Waals surface area contributed by atoms with Gasteiger partial charge >= 0.3 is 12.0 Å². The van der Waals surface area contributed by atoms with E-state index in [0.29, 0.717) is 6.54 Å². The third-order valence-electron chi connectivity index (χ3n) is 3.27. The minimum Gasteiger partial charge on any atom is -0.481 e. The zero-order valence-electron chi connectivity index (χ0n) is 11.2. The molecule has 0 saturated carbocycles. The van der Waals surface area contributed by atoms with E-state index in [9.17, 15) is 14.7 Å². The number of amides is 2. The molecule has 1 aliphatic rings. The van der Waals surface area contributed by atoms with E-state index in [0.717, 1.165) is 12.1 Å². The van der Waals surface area contributed by atoms with E-state index in [-0.39, 0.29) is 19.2 Å². The van der Waals surface area contributed by atoms with Gasteiger partial charge in [0.2, 0.25) is 0 Å². The molecule has 7 heteroatoms. The lowest BCUT2D eigenvalue weighted by Crippen LogP contribution is -2.48. The molecular formula is C13H18N2O4S. The summed E-state index contributed by atoms with van der Waals surface area (Å²) in [7, 11) is 0. The van der Waals surface area contributed by atoms with Crippen molar-refractivity contribution in [2.75, 3.05) is 25.1 Å². The van der Waals surface area contributed by atoms with Gasteiger partial charge in [-0.1, -0.05) is 6.92 Å². The van der Waals surface area contributed by atoms with Gasteiger partial charge in [0.15, 0.2) is 0 Å². The van der Waals surface area contributed by atoms with Gasteiger partial charge in [0, 0.05) is 11.9 Å². The Bertz CT molecular complexity index is 463. The average molecular weight is 298 g/mol. The van der Waals surface area contributed by atoms with Crippen LogP contribution in [0.15, 0.2) is 16.8 Å². The fraction of sp³-hybridized carbons (Fsp3) is 0.538. The average Bonchev–Trinajstić information content (AvgIpc) is 3.06. The van der Waals surface area contributed by atoms with Crippen molar-refractivity contribution in [1.82, 2.24) is 4.90 Å². The fourth-order valence-corrected chi connectivity index (χ4v) is 2.86. The third kappa shape index (κ3) is 3.29. The first-order chi connectivity index (χ1) is 9.63. The highest BCUT2D eigenvalue weighted by atomic mass is 32.1. The predicted molar refractivity (Wildman–Crippen MR) is 76.1 cm³/mol. The molecule has 1 aromatic rings. The van der Waals surface area contributed by atoms with Crippen molar-refractivity contribution in [2.24, 2.45) is 5.92 Å². The summed E-state index contributed by atoms with van der Waals surface area (Å²) < 4.78 is 5.24. The zero-order valence-corrected chi connectivity index (χ0v) is 12.1. The van der Waals surface area contributed by atoms with Crippen molar-refractivity contribution >= 4 is 29.0 Å². The molecule has 2 atom stereocenters. The number of aliphatic carboxylic acids is 1. The number of carboxylic acids is 1. The van der Waals surface area contributed by atoms with Crippen LogP contribution in [0.5, 0.6) is 0 Å². The molecule has 2 unspecified atom stereocenters. The molecular weight excluding hydrogens is 280 g/mol. The van der Waals surface area contributed by atoms with Gasteiger partial charge in [0.05, 0.1) is 24.9 Å². The van der Waals surface area contributed by atoms with E-state index in [1.165, 1.54) is 11.3 Å². The Morgan fingerprint density at radius 1 is 1.55 bits per heavy atom. The molecule has 2 N–H and O–H groups in total.